The first kappa shape index (κ1) is 13.5. The molecule has 0 aromatic heterocycles. The molecule has 0 spiro atoms. The third-order valence-electron chi connectivity index (χ3n) is 2.28. The molecule has 0 unspecified atom stereocenters. The molecule has 0 atom stereocenters. The highest BCUT2D eigenvalue weighted by Gasteiger charge is 1.83. The van der Waals surface area contributed by atoms with Crippen molar-refractivity contribution in [2.24, 2.45) is 0 Å². The second-order valence-electron chi connectivity index (χ2n) is 3.78. The van der Waals surface area contributed by atoms with E-state index in [2.05, 4.69) is 38.2 Å². The Kier molecular flexibility index (Phi) is 12.0. The topological polar surface area (TPSA) is 0 Å². The highest BCUT2D eigenvalue weighted by molar-refractivity contribution is 4.83. The average molecular weight is 194 g/mol. The Morgan fingerprint density at radius 2 is 1.14 bits per heavy atom. The van der Waals surface area contributed by atoms with Crippen LogP contribution >= 0.6 is 0 Å². The largest absolute Gasteiger partial charge is 0.0888 e. The van der Waals surface area contributed by atoms with Crippen LogP contribution in [0.5, 0.6) is 0 Å². The van der Waals surface area contributed by atoms with Gasteiger partial charge in [0.2, 0.25) is 0 Å². The van der Waals surface area contributed by atoms with Crippen molar-refractivity contribution < 1.29 is 0 Å². The first-order valence-electron chi connectivity index (χ1n) is 6.21. The summed E-state index contributed by atoms with van der Waals surface area (Å²) < 4.78 is 0. The van der Waals surface area contributed by atoms with Gasteiger partial charge < -0.3 is 0 Å². The van der Waals surface area contributed by atoms with E-state index in [1.165, 1.54) is 51.4 Å². The lowest BCUT2D eigenvalue weighted by Gasteiger charge is -1.93. The maximum Gasteiger partial charge on any atom is -0.0351 e. The van der Waals surface area contributed by atoms with Crippen LogP contribution < -0.4 is 0 Å². The van der Waals surface area contributed by atoms with Gasteiger partial charge in [-0.3, -0.25) is 0 Å². The van der Waals surface area contributed by atoms with Crippen molar-refractivity contribution >= 4 is 0 Å². The van der Waals surface area contributed by atoms with Crippen LogP contribution in [0.3, 0.4) is 0 Å². The van der Waals surface area contributed by atoms with Gasteiger partial charge >= 0.3 is 0 Å². The molecule has 0 aliphatic carbocycles. The predicted octanol–water partition coefficient (Wildman–Crippen LogP) is 5.26. The second kappa shape index (κ2) is 12.5. The highest BCUT2D eigenvalue weighted by atomic mass is 13.9. The van der Waals surface area contributed by atoms with Crippen molar-refractivity contribution in [2.75, 3.05) is 0 Å². The van der Waals surface area contributed by atoms with E-state index in [4.69, 9.17) is 0 Å². The van der Waals surface area contributed by atoms with Gasteiger partial charge in [0, 0.05) is 0 Å². The molecular formula is C14H26. The molecule has 0 bridgehead atoms. The van der Waals surface area contributed by atoms with E-state index in [9.17, 15) is 0 Å². The summed E-state index contributed by atoms with van der Waals surface area (Å²) in [5, 5.41) is 0. The highest BCUT2D eigenvalue weighted by Crippen LogP contribution is 2.03. The van der Waals surface area contributed by atoms with Crippen molar-refractivity contribution in [3.63, 3.8) is 0 Å². The Bertz CT molecular complexity index is 142. The summed E-state index contributed by atoms with van der Waals surface area (Å²) >= 11 is 0. The van der Waals surface area contributed by atoms with Gasteiger partial charge in [0.15, 0.2) is 0 Å². The van der Waals surface area contributed by atoms with Crippen molar-refractivity contribution in [3.8, 4) is 0 Å². The number of allylic oxidation sites excluding steroid dienone is 4. The van der Waals surface area contributed by atoms with Crippen LogP contribution in [0.1, 0.15) is 65.2 Å². The van der Waals surface area contributed by atoms with Crippen LogP contribution in [0.25, 0.3) is 0 Å². The molecule has 82 valence electrons. The first-order valence-corrected chi connectivity index (χ1v) is 6.21. The van der Waals surface area contributed by atoms with Crippen LogP contribution in [-0.2, 0) is 0 Å². The zero-order valence-electron chi connectivity index (χ0n) is 9.97. The van der Waals surface area contributed by atoms with Crippen molar-refractivity contribution in [3.05, 3.63) is 24.3 Å². The molecule has 0 saturated heterocycles. The lowest BCUT2D eigenvalue weighted by Crippen LogP contribution is -1.73. The normalized spacial score (nSPS) is 11.9. The summed E-state index contributed by atoms with van der Waals surface area (Å²) in [6.07, 6.45) is 19.6. The van der Waals surface area contributed by atoms with Crippen LogP contribution in [0.4, 0.5) is 0 Å². The molecule has 0 saturated carbocycles. The molecule has 0 aromatic rings. The van der Waals surface area contributed by atoms with E-state index in [0.717, 1.165) is 0 Å². The molecule has 14 heavy (non-hydrogen) atoms. The van der Waals surface area contributed by atoms with Crippen molar-refractivity contribution in [1.82, 2.24) is 0 Å². The van der Waals surface area contributed by atoms with E-state index >= 15 is 0 Å². The quantitative estimate of drug-likeness (QED) is 0.347. The van der Waals surface area contributed by atoms with Gasteiger partial charge in [0.1, 0.15) is 0 Å². The van der Waals surface area contributed by atoms with Gasteiger partial charge in [-0.1, -0.05) is 51.0 Å². The van der Waals surface area contributed by atoms with E-state index in [1.807, 2.05) is 0 Å². The van der Waals surface area contributed by atoms with Gasteiger partial charge in [0.25, 0.3) is 0 Å². The molecule has 0 heteroatoms. The van der Waals surface area contributed by atoms with Crippen LogP contribution in [-0.4, -0.2) is 0 Å². The van der Waals surface area contributed by atoms with Gasteiger partial charge in [-0.2, -0.15) is 0 Å². The molecule has 0 radical (unpaired) electrons. The molecule has 0 nitrogen and oxygen atoms in total. The van der Waals surface area contributed by atoms with E-state index in [-0.39, 0.29) is 0 Å². The molecule has 0 N–H and O–H groups in total. The lowest BCUT2D eigenvalue weighted by atomic mass is 10.1. The number of hydrogen-bond donors (Lipinski definition) is 0. The fourth-order valence-corrected chi connectivity index (χ4v) is 1.37. The SMILES string of the molecule is CC/C=C/CCCC/C=C/CCCC. The van der Waals surface area contributed by atoms with Crippen LogP contribution in [0.2, 0.25) is 0 Å². The zero-order valence-corrected chi connectivity index (χ0v) is 9.97. The van der Waals surface area contributed by atoms with Crippen molar-refractivity contribution in [2.45, 2.75) is 65.2 Å². The predicted molar refractivity (Wildman–Crippen MR) is 66.6 cm³/mol. The fourth-order valence-electron chi connectivity index (χ4n) is 1.37. The summed E-state index contributed by atoms with van der Waals surface area (Å²) in [5.74, 6) is 0. The van der Waals surface area contributed by atoms with Gasteiger partial charge in [-0.05, 0) is 38.5 Å². The molecule has 0 heterocycles. The first-order chi connectivity index (χ1) is 6.91. The Morgan fingerprint density at radius 3 is 1.64 bits per heavy atom. The van der Waals surface area contributed by atoms with Crippen LogP contribution in [0.15, 0.2) is 24.3 Å². The lowest BCUT2D eigenvalue weighted by molar-refractivity contribution is 0.755. The van der Waals surface area contributed by atoms with Crippen molar-refractivity contribution in [1.29, 1.82) is 0 Å². The summed E-state index contributed by atoms with van der Waals surface area (Å²) in [5.41, 5.74) is 0. The number of hydrogen-bond acceptors (Lipinski definition) is 0. The Balaban J connectivity index is 3.05. The van der Waals surface area contributed by atoms with E-state index in [0.29, 0.717) is 0 Å². The smallest absolute Gasteiger partial charge is 0.0351 e. The molecule has 0 amide bonds. The number of unbranched alkanes of at least 4 members (excludes halogenated alkanes) is 5. The minimum atomic E-state index is 1.18. The monoisotopic (exact) mass is 194 g/mol. The number of rotatable bonds is 9. The minimum Gasteiger partial charge on any atom is -0.0888 e. The maximum absolute atomic E-state index is 2.35. The third-order valence-corrected chi connectivity index (χ3v) is 2.28. The summed E-state index contributed by atoms with van der Waals surface area (Å²) in [7, 11) is 0. The van der Waals surface area contributed by atoms with Gasteiger partial charge in [0.05, 0.1) is 0 Å². The molecule has 0 aromatic carbocycles. The zero-order chi connectivity index (χ0) is 10.5. The maximum atomic E-state index is 2.35. The van der Waals surface area contributed by atoms with E-state index in [1.54, 1.807) is 0 Å². The van der Waals surface area contributed by atoms with Crippen LogP contribution in [0, 0.1) is 0 Å². The molecule has 0 aliphatic rings. The Labute approximate surface area is 90.1 Å². The second-order valence-corrected chi connectivity index (χ2v) is 3.78. The summed E-state index contributed by atoms with van der Waals surface area (Å²) in [6.45, 7) is 4.43. The van der Waals surface area contributed by atoms with Gasteiger partial charge in [-0.15, -0.1) is 0 Å². The Morgan fingerprint density at radius 1 is 0.643 bits per heavy atom. The third kappa shape index (κ3) is 11.5. The average Bonchev–Trinajstić information content (AvgIpc) is 2.21. The standard InChI is InChI=1S/C14H26/c1-3-5-7-9-11-13-14-12-10-8-6-4-2/h5,7,10,12H,3-4,6,8-9,11,13-14H2,1-2H3/b7-5+,12-10+. The molecule has 0 aliphatic heterocycles. The van der Waals surface area contributed by atoms with E-state index < -0.39 is 0 Å². The van der Waals surface area contributed by atoms with Gasteiger partial charge in [-0.25, -0.2) is 0 Å². The molecule has 0 rings (SSSR count). The minimum absolute atomic E-state index is 1.18. The fraction of sp³-hybridized carbons (Fsp3) is 0.714. The summed E-state index contributed by atoms with van der Waals surface area (Å²) in [6, 6.07) is 0. The molecular weight excluding hydrogens is 168 g/mol. The summed E-state index contributed by atoms with van der Waals surface area (Å²) in [4.78, 5) is 0. The molecule has 0 fully saturated rings. The Hall–Kier alpha value is -0.520.